The SMILES string of the molecule is CC(C)C(O)C(C)(C)CNC(=O)Nc1ccc(F)c(F)c1F. The molecule has 1 atom stereocenters. The zero-order chi connectivity index (χ0) is 17.1. The number of hydrogen-bond acceptors (Lipinski definition) is 2. The number of amides is 2. The van der Waals surface area contributed by atoms with Crippen LogP contribution >= 0.6 is 0 Å². The maximum atomic E-state index is 13.4. The molecule has 7 heteroatoms. The van der Waals surface area contributed by atoms with Gasteiger partial charge < -0.3 is 15.7 Å². The Bertz CT molecular complexity index is 548. The van der Waals surface area contributed by atoms with Crippen molar-refractivity contribution in [1.82, 2.24) is 5.32 Å². The van der Waals surface area contributed by atoms with Crippen LogP contribution in [0.1, 0.15) is 27.7 Å². The normalized spacial score (nSPS) is 13.1. The van der Waals surface area contributed by atoms with Gasteiger partial charge in [-0.2, -0.15) is 0 Å². The van der Waals surface area contributed by atoms with E-state index in [0.717, 1.165) is 12.1 Å². The van der Waals surface area contributed by atoms with Crippen molar-refractivity contribution in [2.45, 2.75) is 33.8 Å². The highest BCUT2D eigenvalue weighted by Crippen LogP contribution is 2.25. The van der Waals surface area contributed by atoms with Crippen LogP contribution in [-0.4, -0.2) is 23.8 Å². The Hall–Kier alpha value is -1.76. The fraction of sp³-hybridized carbons (Fsp3) is 0.533. The minimum atomic E-state index is -1.65. The Balaban J connectivity index is 2.67. The average Bonchev–Trinajstić information content (AvgIpc) is 2.45. The van der Waals surface area contributed by atoms with Crippen molar-refractivity contribution >= 4 is 11.7 Å². The van der Waals surface area contributed by atoms with Crippen molar-refractivity contribution in [3.05, 3.63) is 29.6 Å². The van der Waals surface area contributed by atoms with E-state index in [1.807, 2.05) is 13.8 Å². The summed E-state index contributed by atoms with van der Waals surface area (Å²) in [6.45, 7) is 7.38. The van der Waals surface area contributed by atoms with Crippen LogP contribution in [0, 0.1) is 28.8 Å². The molecule has 22 heavy (non-hydrogen) atoms. The topological polar surface area (TPSA) is 61.4 Å². The number of carbonyl (C=O) groups excluding carboxylic acids is 1. The molecule has 0 aromatic heterocycles. The number of aliphatic hydroxyl groups excluding tert-OH is 1. The maximum Gasteiger partial charge on any atom is 0.319 e. The molecule has 2 amide bonds. The lowest BCUT2D eigenvalue weighted by molar-refractivity contribution is 0.0154. The van der Waals surface area contributed by atoms with Gasteiger partial charge >= 0.3 is 6.03 Å². The lowest BCUT2D eigenvalue weighted by Crippen LogP contribution is -2.44. The molecule has 1 rings (SSSR count). The van der Waals surface area contributed by atoms with Crippen LogP contribution in [0.25, 0.3) is 0 Å². The number of benzene rings is 1. The molecule has 0 bridgehead atoms. The van der Waals surface area contributed by atoms with Crippen LogP contribution in [-0.2, 0) is 0 Å². The van der Waals surface area contributed by atoms with Crippen LogP contribution in [0.15, 0.2) is 12.1 Å². The summed E-state index contributed by atoms with van der Waals surface area (Å²) in [7, 11) is 0. The molecule has 0 radical (unpaired) electrons. The summed E-state index contributed by atoms with van der Waals surface area (Å²) in [5.74, 6) is -4.43. The van der Waals surface area contributed by atoms with E-state index in [1.165, 1.54) is 0 Å². The van der Waals surface area contributed by atoms with Crippen LogP contribution in [0.2, 0.25) is 0 Å². The average molecular weight is 318 g/mol. The number of halogens is 3. The molecule has 0 heterocycles. The van der Waals surface area contributed by atoms with Crippen molar-refractivity contribution < 1.29 is 23.1 Å². The molecule has 3 N–H and O–H groups in total. The molecule has 0 spiro atoms. The smallest absolute Gasteiger partial charge is 0.319 e. The standard InChI is InChI=1S/C15H21F3N2O2/c1-8(2)13(21)15(3,4)7-19-14(22)20-10-6-5-9(16)11(17)12(10)18/h5-6,8,13,21H,7H2,1-4H3,(H2,19,20,22). The van der Waals surface area contributed by atoms with Crippen molar-refractivity contribution in [1.29, 1.82) is 0 Å². The molecule has 0 saturated heterocycles. The van der Waals surface area contributed by atoms with Gasteiger partial charge in [0, 0.05) is 12.0 Å². The fourth-order valence-electron chi connectivity index (χ4n) is 2.10. The van der Waals surface area contributed by atoms with Crippen LogP contribution in [0.5, 0.6) is 0 Å². The predicted octanol–water partition coefficient (Wildman–Crippen LogP) is 3.27. The van der Waals surface area contributed by atoms with Gasteiger partial charge in [0.25, 0.3) is 0 Å². The summed E-state index contributed by atoms with van der Waals surface area (Å²) in [6, 6.07) is 0.885. The molecule has 0 fully saturated rings. The second kappa shape index (κ2) is 7.00. The molecule has 124 valence electrons. The highest BCUT2D eigenvalue weighted by molar-refractivity contribution is 5.89. The lowest BCUT2D eigenvalue weighted by atomic mass is 9.81. The number of rotatable bonds is 5. The fourth-order valence-corrected chi connectivity index (χ4v) is 2.10. The molecule has 0 aliphatic heterocycles. The Labute approximate surface area is 127 Å². The second-order valence-corrected chi connectivity index (χ2v) is 6.21. The molecule has 4 nitrogen and oxygen atoms in total. The summed E-state index contributed by atoms with van der Waals surface area (Å²) < 4.78 is 39.3. The predicted molar refractivity (Wildman–Crippen MR) is 78.0 cm³/mol. The van der Waals surface area contributed by atoms with Gasteiger partial charge in [0.15, 0.2) is 17.5 Å². The Morgan fingerprint density at radius 1 is 1.23 bits per heavy atom. The van der Waals surface area contributed by atoms with Gasteiger partial charge in [-0.05, 0) is 18.1 Å². The Morgan fingerprint density at radius 3 is 2.36 bits per heavy atom. The highest BCUT2D eigenvalue weighted by atomic mass is 19.2. The number of hydrogen-bond donors (Lipinski definition) is 3. The second-order valence-electron chi connectivity index (χ2n) is 6.21. The minimum Gasteiger partial charge on any atom is -0.392 e. The minimum absolute atomic E-state index is 0.00324. The highest BCUT2D eigenvalue weighted by Gasteiger charge is 2.30. The first-order valence-electron chi connectivity index (χ1n) is 6.92. The van der Waals surface area contributed by atoms with E-state index >= 15 is 0 Å². The lowest BCUT2D eigenvalue weighted by Gasteiger charge is -2.33. The van der Waals surface area contributed by atoms with E-state index in [-0.39, 0.29) is 12.5 Å². The summed E-state index contributed by atoms with van der Waals surface area (Å²) in [5.41, 5.74) is -1.06. The molecule has 0 aliphatic carbocycles. The van der Waals surface area contributed by atoms with E-state index in [9.17, 15) is 23.1 Å². The number of urea groups is 1. The Morgan fingerprint density at radius 2 is 1.82 bits per heavy atom. The van der Waals surface area contributed by atoms with Crippen molar-refractivity contribution in [3.63, 3.8) is 0 Å². The summed E-state index contributed by atoms with van der Waals surface area (Å²) in [6.07, 6.45) is -0.646. The Kier molecular flexibility index (Phi) is 5.82. The molecule has 1 unspecified atom stereocenters. The van der Waals surface area contributed by atoms with Gasteiger partial charge in [-0.1, -0.05) is 27.7 Å². The van der Waals surface area contributed by atoms with Crippen LogP contribution in [0.4, 0.5) is 23.7 Å². The molecule has 0 saturated carbocycles. The van der Waals surface area contributed by atoms with Crippen molar-refractivity contribution in [3.8, 4) is 0 Å². The zero-order valence-electron chi connectivity index (χ0n) is 13.0. The summed E-state index contributed by atoms with van der Waals surface area (Å²) in [5, 5.41) is 14.6. The van der Waals surface area contributed by atoms with Crippen molar-refractivity contribution in [2.75, 3.05) is 11.9 Å². The van der Waals surface area contributed by atoms with E-state index in [2.05, 4.69) is 10.6 Å². The quantitative estimate of drug-likeness (QED) is 0.730. The zero-order valence-corrected chi connectivity index (χ0v) is 13.0. The van der Waals surface area contributed by atoms with Gasteiger partial charge in [0.1, 0.15) is 0 Å². The molecular weight excluding hydrogens is 297 g/mol. The third kappa shape index (κ3) is 4.37. The first-order chi connectivity index (χ1) is 10.1. The first-order valence-corrected chi connectivity index (χ1v) is 6.92. The third-order valence-electron chi connectivity index (χ3n) is 3.42. The van der Waals surface area contributed by atoms with Crippen LogP contribution < -0.4 is 10.6 Å². The number of nitrogens with one attached hydrogen (secondary N) is 2. The van der Waals surface area contributed by atoms with E-state index in [0.29, 0.717) is 0 Å². The van der Waals surface area contributed by atoms with Gasteiger partial charge in [-0.25, -0.2) is 18.0 Å². The molecule has 1 aromatic rings. The summed E-state index contributed by atoms with van der Waals surface area (Å²) in [4.78, 5) is 11.7. The third-order valence-corrected chi connectivity index (χ3v) is 3.42. The van der Waals surface area contributed by atoms with Crippen LogP contribution in [0.3, 0.4) is 0 Å². The largest absolute Gasteiger partial charge is 0.392 e. The first kappa shape index (κ1) is 18.3. The molecule has 0 aliphatic rings. The number of anilines is 1. The summed E-state index contributed by atoms with van der Waals surface area (Å²) >= 11 is 0. The molecular formula is C15H21F3N2O2. The van der Waals surface area contributed by atoms with E-state index in [4.69, 9.17) is 0 Å². The van der Waals surface area contributed by atoms with E-state index in [1.54, 1.807) is 13.8 Å². The van der Waals surface area contributed by atoms with Gasteiger partial charge in [-0.3, -0.25) is 0 Å². The van der Waals surface area contributed by atoms with Crippen molar-refractivity contribution in [2.24, 2.45) is 11.3 Å². The maximum absolute atomic E-state index is 13.4. The monoisotopic (exact) mass is 318 g/mol. The van der Waals surface area contributed by atoms with E-state index < -0.39 is 40.7 Å². The number of carbonyl (C=O) groups is 1. The molecule has 1 aromatic carbocycles. The van der Waals surface area contributed by atoms with Gasteiger partial charge in [0.2, 0.25) is 0 Å². The number of aliphatic hydroxyl groups is 1. The van der Waals surface area contributed by atoms with Gasteiger partial charge in [0.05, 0.1) is 11.8 Å². The van der Waals surface area contributed by atoms with Gasteiger partial charge in [-0.15, -0.1) is 0 Å².